The second-order valence-corrected chi connectivity index (χ2v) is 6.41. The Morgan fingerprint density at radius 1 is 0.963 bits per heavy atom. The largest absolute Gasteiger partial charge is 0.484 e. The Bertz CT molecular complexity index is 1190. The molecule has 134 valence electrons. The van der Waals surface area contributed by atoms with Crippen LogP contribution in [0.3, 0.4) is 0 Å². The Morgan fingerprint density at radius 3 is 2.52 bits per heavy atom. The topological polar surface area (TPSA) is 71.2 Å². The SMILES string of the molecule is Cc1ccc(NC(=O)COc2ccc3[nH]c4ccccc4c(=O)c3c2)cc1. The zero-order chi connectivity index (χ0) is 18.8. The van der Waals surface area contributed by atoms with E-state index in [1.54, 1.807) is 24.3 Å². The minimum Gasteiger partial charge on any atom is -0.484 e. The van der Waals surface area contributed by atoms with Crippen LogP contribution in [0.15, 0.2) is 71.5 Å². The minimum atomic E-state index is -0.258. The molecule has 0 atom stereocenters. The van der Waals surface area contributed by atoms with Crippen molar-refractivity contribution in [1.29, 1.82) is 0 Å². The second kappa shape index (κ2) is 6.96. The Morgan fingerprint density at radius 2 is 1.70 bits per heavy atom. The first-order valence-electron chi connectivity index (χ1n) is 8.64. The molecule has 27 heavy (non-hydrogen) atoms. The van der Waals surface area contributed by atoms with Gasteiger partial charge >= 0.3 is 0 Å². The van der Waals surface area contributed by atoms with Crippen LogP contribution in [-0.4, -0.2) is 17.5 Å². The van der Waals surface area contributed by atoms with E-state index >= 15 is 0 Å². The van der Waals surface area contributed by atoms with Gasteiger partial charge in [0.15, 0.2) is 12.0 Å². The van der Waals surface area contributed by atoms with Crippen LogP contribution in [0.1, 0.15) is 5.56 Å². The van der Waals surface area contributed by atoms with Crippen LogP contribution in [0.5, 0.6) is 5.75 Å². The Labute approximate surface area is 155 Å². The Kier molecular flexibility index (Phi) is 4.34. The van der Waals surface area contributed by atoms with Gasteiger partial charge in [-0.25, -0.2) is 0 Å². The number of aryl methyl sites for hydroxylation is 1. The summed E-state index contributed by atoms with van der Waals surface area (Å²) in [5, 5.41) is 3.94. The molecule has 0 aliphatic carbocycles. The lowest BCUT2D eigenvalue weighted by atomic mass is 10.1. The van der Waals surface area contributed by atoms with Crippen LogP contribution in [0.4, 0.5) is 5.69 Å². The van der Waals surface area contributed by atoms with Crippen LogP contribution in [-0.2, 0) is 4.79 Å². The van der Waals surface area contributed by atoms with Crippen molar-refractivity contribution in [2.45, 2.75) is 6.92 Å². The van der Waals surface area contributed by atoms with Gasteiger partial charge in [-0.1, -0.05) is 29.8 Å². The monoisotopic (exact) mass is 358 g/mol. The van der Waals surface area contributed by atoms with Gasteiger partial charge in [-0.15, -0.1) is 0 Å². The predicted molar refractivity (Wildman–Crippen MR) is 107 cm³/mol. The number of para-hydroxylation sites is 1. The van der Waals surface area contributed by atoms with Gasteiger partial charge < -0.3 is 15.0 Å². The van der Waals surface area contributed by atoms with Gasteiger partial charge in [0.2, 0.25) is 0 Å². The maximum absolute atomic E-state index is 12.7. The molecule has 0 unspecified atom stereocenters. The number of amides is 1. The van der Waals surface area contributed by atoms with E-state index in [9.17, 15) is 9.59 Å². The fourth-order valence-electron chi connectivity index (χ4n) is 2.97. The van der Waals surface area contributed by atoms with Crippen molar-refractivity contribution in [3.05, 3.63) is 82.5 Å². The first-order valence-corrected chi connectivity index (χ1v) is 8.64. The number of carbonyl (C=O) groups is 1. The van der Waals surface area contributed by atoms with Crippen molar-refractivity contribution in [1.82, 2.24) is 4.98 Å². The Hall–Kier alpha value is -3.60. The highest BCUT2D eigenvalue weighted by Crippen LogP contribution is 2.20. The quantitative estimate of drug-likeness (QED) is 0.542. The number of aromatic nitrogens is 1. The molecule has 5 heteroatoms. The van der Waals surface area contributed by atoms with Crippen molar-refractivity contribution in [2.75, 3.05) is 11.9 Å². The molecular formula is C22H18N2O3. The van der Waals surface area contributed by atoms with Crippen molar-refractivity contribution in [3.8, 4) is 5.75 Å². The molecule has 0 spiro atoms. The molecule has 5 nitrogen and oxygen atoms in total. The number of carbonyl (C=O) groups excluding carboxylic acids is 1. The fraction of sp³-hybridized carbons (Fsp3) is 0.0909. The number of H-pyrrole nitrogens is 1. The number of pyridine rings is 1. The average Bonchev–Trinajstić information content (AvgIpc) is 2.69. The molecule has 0 aliphatic heterocycles. The molecular weight excluding hydrogens is 340 g/mol. The molecule has 0 saturated heterocycles. The standard InChI is InChI=1S/C22H18N2O3/c1-14-6-8-15(9-7-14)23-21(25)13-27-16-10-11-20-18(12-16)22(26)17-4-2-3-5-19(17)24-20/h2-12H,13H2,1H3,(H,23,25)(H,24,26). The van der Waals surface area contributed by atoms with Gasteiger partial charge in [0.05, 0.1) is 5.52 Å². The summed E-state index contributed by atoms with van der Waals surface area (Å²) in [6.45, 7) is 1.85. The van der Waals surface area contributed by atoms with Crippen LogP contribution in [0.25, 0.3) is 21.8 Å². The normalized spacial score (nSPS) is 10.9. The van der Waals surface area contributed by atoms with Crippen LogP contribution < -0.4 is 15.5 Å². The van der Waals surface area contributed by atoms with Gasteiger partial charge in [-0.05, 0) is 49.4 Å². The van der Waals surface area contributed by atoms with Gasteiger partial charge in [0.1, 0.15) is 5.75 Å². The summed E-state index contributed by atoms with van der Waals surface area (Å²) in [7, 11) is 0. The molecule has 1 amide bonds. The van der Waals surface area contributed by atoms with E-state index in [1.807, 2.05) is 49.4 Å². The first-order chi connectivity index (χ1) is 13.1. The molecule has 4 aromatic rings. The maximum Gasteiger partial charge on any atom is 0.262 e. The summed E-state index contributed by atoms with van der Waals surface area (Å²) < 4.78 is 5.57. The average molecular weight is 358 g/mol. The lowest BCUT2D eigenvalue weighted by molar-refractivity contribution is -0.118. The van der Waals surface area contributed by atoms with Crippen LogP contribution in [0, 0.1) is 6.92 Å². The van der Waals surface area contributed by atoms with E-state index in [0.29, 0.717) is 16.5 Å². The number of rotatable bonds is 4. The van der Waals surface area contributed by atoms with Crippen molar-refractivity contribution in [3.63, 3.8) is 0 Å². The van der Waals surface area contributed by atoms with Gasteiger partial charge in [0.25, 0.3) is 5.91 Å². The van der Waals surface area contributed by atoms with Gasteiger partial charge in [0, 0.05) is 22.0 Å². The lowest BCUT2D eigenvalue weighted by Crippen LogP contribution is -2.20. The third-order valence-corrected chi connectivity index (χ3v) is 4.38. The minimum absolute atomic E-state index is 0.0612. The molecule has 2 N–H and O–H groups in total. The molecule has 1 aromatic heterocycles. The molecule has 0 bridgehead atoms. The number of aromatic amines is 1. The van der Waals surface area contributed by atoms with Crippen molar-refractivity contribution >= 4 is 33.4 Å². The highest BCUT2D eigenvalue weighted by molar-refractivity contribution is 5.93. The zero-order valence-electron chi connectivity index (χ0n) is 14.8. The zero-order valence-corrected chi connectivity index (χ0v) is 14.8. The summed E-state index contributed by atoms with van der Waals surface area (Å²) in [5.74, 6) is 0.216. The number of hydrogen-bond donors (Lipinski definition) is 2. The summed E-state index contributed by atoms with van der Waals surface area (Å²) in [6.07, 6.45) is 0. The molecule has 0 fully saturated rings. The molecule has 4 rings (SSSR count). The summed E-state index contributed by atoms with van der Waals surface area (Å²) in [6, 6.07) is 20.1. The highest BCUT2D eigenvalue weighted by atomic mass is 16.5. The smallest absolute Gasteiger partial charge is 0.262 e. The summed E-state index contributed by atoms with van der Waals surface area (Å²) in [4.78, 5) is 28.0. The Balaban J connectivity index is 1.53. The fourth-order valence-corrected chi connectivity index (χ4v) is 2.97. The first kappa shape index (κ1) is 16.8. The highest BCUT2D eigenvalue weighted by Gasteiger charge is 2.08. The predicted octanol–water partition coefficient (Wildman–Crippen LogP) is 4.01. The van der Waals surface area contributed by atoms with Crippen molar-refractivity contribution in [2.24, 2.45) is 0 Å². The molecule has 0 radical (unpaired) electrons. The molecule has 0 saturated carbocycles. The van der Waals surface area contributed by atoms with E-state index in [2.05, 4.69) is 10.3 Å². The molecule has 1 heterocycles. The van der Waals surface area contributed by atoms with E-state index in [-0.39, 0.29) is 17.9 Å². The van der Waals surface area contributed by atoms with E-state index in [4.69, 9.17) is 4.74 Å². The van der Waals surface area contributed by atoms with Crippen molar-refractivity contribution < 1.29 is 9.53 Å². The maximum atomic E-state index is 12.7. The second-order valence-electron chi connectivity index (χ2n) is 6.41. The number of benzene rings is 3. The van der Waals surface area contributed by atoms with Crippen LogP contribution in [0.2, 0.25) is 0 Å². The third-order valence-electron chi connectivity index (χ3n) is 4.38. The molecule has 0 aliphatic rings. The van der Waals surface area contributed by atoms with E-state index in [1.165, 1.54) is 0 Å². The number of ether oxygens (including phenoxy) is 1. The lowest BCUT2D eigenvalue weighted by Gasteiger charge is -2.09. The number of nitrogens with one attached hydrogen (secondary N) is 2. The number of anilines is 1. The summed E-state index contributed by atoms with van der Waals surface area (Å²) in [5.41, 5.74) is 3.30. The number of fused-ring (bicyclic) bond motifs is 2. The van der Waals surface area contributed by atoms with Gasteiger partial charge in [-0.2, -0.15) is 0 Å². The number of hydrogen-bond acceptors (Lipinski definition) is 3. The van der Waals surface area contributed by atoms with Gasteiger partial charge in [-0.3, -0.25) is 9.59 Å². The molecule has 3 aromatic carbocycles. The van der Waals surface area contributed by atoms with Crippen LogP contribution >= 0.6 is 0 Å². The van der Waals surface area contributed by atoms with E-state index in [0.717, 1.165) is 22.3 Å². The van der Waals surface area contributed by atoms with E-state index < -0.39 is 0 Å². The summed E-state index contributed by atoms with van der Waals surface area (Å²) >= 11 is 0. The third kappa shape index (κ3) is 3.53.